The van der Waals surface area contributed by atoms with Crippen molar-refractivity contribution in [1.29, 1.82) is 0 Å². The number of fused-ring (bicyclic) bond motifs is 1. The Kier molecular flexibility index (Phi) is 5.36. The zero-order valence-corrected chi connectivity index (χ0v) is 18.0. The molecule has 1 atom stereocenters. The third-order valence-corrected chi connectivity index (χ3v) is 5.11. The van der Waals surface area contributed by atoms with Gasteiger partial charge in [-0.25, -0.2) is 14.3 Å². The van der Waals surface area contributed by atoms with Crippen molar-refractivity contribution in [2.45, 2.75) is 51.7 Å². The van der Waals surface area contributed by atoms with Gasteiger partial charge in [0.15, 0.2) is 5.82 Å². The maximum atomic E-state index is 12.4. The first-order valence-electron chi connectivity index (χ1n) is 10.4. The molecule has 0 radical (unpaired) electrons. The van der Waals surface area contributed by atoms with Crippen molar-refractivity contribution in [3.63, 3.8) is 0 Å². The van der Waals surface area contributed by atoms with Gasteiger partial charge in [-0.2, -0.15) is 10.2 Å². The Morgan fingerprint density at radius 2 is 2.03 bits per heavy atom. The number of aromatic nitrogens is 5. The summed E-state index contributed by atoms with van der Waals surface area (Å²) in [5, 5.41) is 12.2. The number of amides is 1. The predicted molar refractivity (Wildman–Crippen MR) is 114 cm³/mol. The molecule has 1 fully saturated rings. The Morgan fingerprint density at radius 1 is 1.20 bits per heavy atom. The highest BCUT2D eigenvalue weighted by Crippen LogP contribution is 2.24. The third kappa shape index (κ3) is 4.55. The van der Waals surface area contributed by atoms with Crippen molar-refractivity contribution < 1.29 is 9.53 Å². The van der Waals surface area contributed by atoms with Crippen LogP contribution in [0.3, 0.4) is 0 Å². The molecule has 0 saturated carbocycles. The number of likely N-dealkylation sites (tertiary alicyclic amines) is 1. The summed E-state index contributed by atoms with van der Waals surface area (Å²) in [6.07, 6.45) is 9.88. The van der Waals surface area contributed by atoms with Gasteiger partial charge < -0.3 is 15.0 Å². The highest BCUT2D eigenvalue weighted by Gasteiger charge is 2.25. The number of hydrogen-bond donors (Lipinski definition) is 1. The van der Waals surface area contributed by atoms with Crippen molar-refractivity contribution in [1.82, 2.24) is 29.3 Å². The number of hydrogen-bond acceptors (Lipinski definition) is 6. The number of ether oxygens (including phenoxy) is 1. The Balaban J connectivity index is 1.50. The first kappa shape index (κ1) is 20.2. The number of nitrogens with one attached hydrogen (secondary N) is 1. The van der Waals surface area contributed by atoms with Crippen LogP contribution in [0.15, 0.2) is 30.9 Å². The minimum atomic E-state index is -0.481. The Hall–Kier alpha value is -3.10. The van der Waals surface area contributed by atoms with Crippen molar-refractivity contribution in [3.8, 4) is 11.3 Å². The molecular formula is C21H29N7O2. The van der Waals surface area contributed by atoms with Crippen LogP contribution >= 0.6 is 0 Å². The van der Waals surface area contributed by atoms with Crippen LogP contribution in [-0.2, 0) is 11.8 Å². The van der Waals surface area contributed by atoms with Crippen LogP contribution in [0.2, 0.25) is 0 Å². The van der Waals surface area contributed by atoms with Crippen LogP contribution < -0.4 is 5.32 Å². The fourth-order valence-electron chi connectivity index (χ4n) is 3.67. The smallest absolute Gasteiger partial charge is 0.410 e. The van der Waals surface area contributed by atoms with Crippen molar-refractivity contribution in [2.24, 2.45) is 7.05 Å². The molecule has 0 aliphatic carbocycles. The predicted octanol–water partition coefficient (Wildman–Crippen LogP) is 3.33. The summed E-state index contributed by atoms with van der Waals surface area (Å²) in [6.45, 7) is 7.04. The van der Waals surface area contributed by atoms with Gasteiger partial charge in [0, 0.05) is 37.9 Å². The molecule has 160 valence electrons. The summed E-state index contributed by atoms with van der Waals surface area (Å²) in [7, 11) is 1.89. The summed E-state index contributed by atoms with van der Waals surface area (Å²) in [5.41, 5.74) is 2.20. The summed E-state index contributed by atoms with van der Waals surface area (Å²) in [6, 6.07) is 2.17. The molecule has 4 rings (SSSR count). The monoisotopic (exact) mass is 411 g/mol. The molecule has 1 unspecified atom stereocenters. The van der Waals surface area contributed by atoms with Gasteiger partial charge in [0.05, 0.1) is 24.3 Å². The SMILES string of the molecule is Cn1cc(-c2cn3nccc3c(NC3CCCN(C(=O)OC(C)(C)C)CC3)n2)cn1. The number of anilines is 1. The zero-order chi connectivity index (χ0) is 21.3. The second kappa shape index (κ2) is 7.97. The minimum absolute atomic E-state index is 0.216. The molecule has 3 aromatic rings. The molecule has 1 aliphatic heterocycles. The molecule has 30 heavy (non-hydrogen) atoms. The van der Waals surface area contributed by atoms with E-state index in [9.17, 15) is 4.79 Å². The largest absolute Gasteiger partial charge is 0.444 e. The molecule has 0 aromatic carbocycles. The number of carbonyl (C=O) groups is 1. The summed E-state index contributed by atoms with van der Waals surface area (Å²) < 4.78 is 9.13. The van der Waals surface area contributed by atoms with Crippen LogP contribution in [-0.4, -0.2) is 60.1 Å². The average molecular weight is 412 g/mol. The number of carbonyl (C=O) groups excluding carboxylic acids is 1. The van der Waals surface area contributed by atoms with Gasteiger partial charge in [-0.15, -0.1) is 0 Å². The molecule has 9 nitrogen and oxygen atoms in total. The second-order valence-corrected chi connectivity index (χ2v) is 8.78. The standard InChI is InChI=1S/C21H29N7O2/c1-21(2,3)30-20(29)27-10-5-6-16(8-11-27)24-19-18-7-9-22-28(18)14-17(25-19)15-12-23-26(4)13-15/h7,9,12-14,16H,5-6,8,10-11H2,1-4H3,(H,24,25). The highest BCUT2D eigenvalue weighted by molar-refractivity contribution is 5.72. The van der Waals surface area contributed by atoms with E-state index in [2.05, 4.69) is 15.5 Å². The van der Waals surface area contributed by atoms with Crippen LogP contribution in [0.1, 0.15) is 40.0 Å². The lowest BCUT2D eigenvalue weighted by molar-refractivity contribution is 0.0256. The van der Waals surface area contributed by atoms with Crippen LogP contribution in [0.4, 0.5) is 10.6 Å². The Labute approximate surface area is 176 Å². The molecule has 1 saturated heterocycles. The fourth-order valence-corrected chi connectivity index (χ4v) is 3.67. The lowest BCUT2D eigenvalue weighted by Crippen LogP contribution is -2.37. The first-order chi connectivity index (χ1) is 14.3. The lowest BCUT2D eigenvalue weighted by atomic mass is 10.1. The van der Waals surface area contributed by atoms with Crippen LogP contribution in [0.5, 0.6) is 0 Å². The van der Waals surface area contributed by atoms with E-state index in [1.165, 1.54) is 0 Å². The van der Waals surface area contributed by atoms with E-state index in [0.29, 0.717) is 13.1 Å². The van der Waals surface area contributed by atoms with E-state index in [1.807, 2.05) is 50.8 Å². The van der Waals surface area contributed by atoms with E-state index >= 15 is 0 Å². The minimum Gasteiger partial charge on any atom is -0.444 e. The number of rotatable bonds is 3. The fraction of sp³-hybridized carbons (Fsp3) is 0.524. The molecule has 3 aromatic heterocycles. The molecule has 1 amide bonds. The van der Waals surface area contributed by atoms with Crippen molar-refractivity contribution in [2.75, 3.05) is 18.4 Å². The quantitative estimate of drug-likeness (QED) is 0.711. The van der Waals surface area contributed by atoms with Gasteiger partial charge in [0.1, 0.15) is 11.1 Å². The summed E-state index contributed by atoms with van der Waals surface area (Å²) >= 11 is 0. The zero-order valence-electron chi connectivity index (χ0n) is 18.0. The average Bonchev–Trinajstić information content (AvgIpc) is 3.25. The van der Waals surface area contributed by atoms with E-state index in [1.54, 1.807) is 22.0 Å². The molecule has 1 N–H and O–H groups in total. The second-order valence-electron chi connectivity index (χ2n) is 8.78. The first-order valence-corrected chi connectivity index (χ1v) is 10.4. The van der Waals surface area contributed by atoms with Crippen LogP contribution in [0.25, 0.3) is 16.8 Å². The molecule has 1 aliphatic rings. The topological polar surface area (TPSA) is 89.6 Å². The summed E-state index contributed by atoms with van der Waals surface area (Å²) in [4.78, 5) is 19.1. The summed E-state index contributed by atoms with van der Waals surface area (Å²) in [5.74, 6) is 0.796. The van der Waals surface area contributed by atoms with Crippen LogP contribution in [0, 0.1) is 0 Å². The number of aryl methyl sites for hydroxylation is 1. The Bertz CT molecular complexity index is 1030. The lowest BCUT2D eigenvalue weighted by Gasteiger charge is -2.26. The van der Waals surface area contributed by atoms with Gasteiger partial charge in [-0.3, -0.25) is 4.68 Å². The Morgan fingerprint density at radius 3 is 2.77 bits per heavy atom. The third-order valence-electron chi connectivity index (χ3n) is 5.11. The van der Waals surface area contributed by atoms with Gasteiger partial charge in [-0.05, 0) is 46.1 Å². The van der Waals surface area contributed by atoms with Crippen molar-refractivity contribution >= 4 is 17.4 Å². The maximum Gasteiger partial charge on any atom is 0.410 e. The molecule has 9 heteroatoms. The van der Waals surface area contributed by atoms with E-state index in [4.69, 9.17) is 9.72 Å². The molecule has 0 bridgehead atoms. The molecule has 4 heterocycles. The van der Waals surface area contributed by atoms with Crippen molar-refractivity contribution in [3.05, 3.63) is 30.9 Å². The normalized spacial score (nSPS) is 17.7. The van der Waals surface area contributed by atoms with E-state index < -0.39 is 5.60 Å². The van der Waals surface area contributed by atoms with Gasteiger partial charge >= 0.3 is 6.09 Å². The molecule has 0 spiro atoms. The molecular weight excluding hydrogens is 382 g/mol. The maximum absolute atomic E-state index is 12.4. The highest BCUT2D eigenvalue weighted by atomic mass is 16.6. The van der Waals surface area contributed by atoms with Gasteiger partial charge in [0.2, 0.25) is 0 Å². The van der Waals surface area contributed by atoms with Gasteiger partial charge in [0.25, 0.3) is 0 Å². The van der Waals surface area contributed by atoms with E-state index in [-0.39, 0.29) is 12.1 Å². The number of nitrogens with zero attached hydrogens (tertiary/aromatic N) is 6. The van der Waals surface area contributed by atoms with Gasteiger partial charge in [-0.1, -0.05) is 0 Å². The van der Waals surface area contributed by atoms with E-state index in [0.717, 1.165) is 41.9 Å².